The third-order valence-electron chi connectivity index (χ3n) is 5.23. The van der Waals surface area contributed by atoms with Gasteiger partial charge in [-0.15, -0.1) is 0 Å². The number of carboxylic acid groups (broad SMARTS) is 2. The van der Waals surface area contributed by atoms with E-state index in [0.717, 1.165) is 17.5 Å². The van der Waals surface area contributed by atoms with Gasteiger partial charge in [-0.05, 0) is 66.8 Å². The van der Waals surface area contributed by atoms with Crippen LogP contribution in [0, 0.1) is 0 Å². The average molecular weight is 482 g/mol. The molecule has 0 saturated heterocycles. The molecule has 2 N–H and O–H groups in total. The van der Waals surface area contributed by atoms with Gasteiger partial charge in [0.15, 0.2) is 42.0 Å². The summed E-state index contributed by atoms with van der Waals surface area (Å²) in [4.78, 5) is 34.7. The van der Waals surface area contributed by atoms with Crippen molar-refractivity contribution in [2.45, 2.75) is 19.3 Å². The maximum absolute atomic E-state index is 13.2. The Labute approximate surface area is 202 Å². The van der Waals surface area contributed by atoms with Crippen molar-refractivity contribution in [2.75, 3.05) is 27.4 Å². The van der Waals surface area contributed by atoms with Crippen molar-refractivity contribution >= 4 is 29.9 Å². The first kappa shape index (κ1) is 25.4. The number of aliphatic carboxylic acids is 2. The van der Waals surface area contributed by atoms with Crippen LogP contribution in [0.4, 0.5) is 0 Å². The maximum atomic E-state index is 13.2. The van der Waals surface area contributed by atoms with Gasteiger partial charge in [-0.25, -0.2) is 9.59 Å². The second-order valence-corrected chi connectivity index (χ2v) is 7.71. The van der Waals surface area contributed by atoms with Crippen LogP contribution in [0.5, 0.6) is 23.0 Å². The number of methoxy groups -OCH3 is 2. The number of carbonyl (C=O) groups excluding carboxylic acids is 1. The van der Waals surface area contributed by atoms with Crippen molar-refractivity contribution in [1.29, 1.82) is 0 Å². The number of allylic oxidation sites excluding steroid dienone is 2. The van der Waals surface area contributed by atoms with Crippen molar-refractivity contribution in [3.8, 4) is 23.0 Å². The van der Waals surface area contributed by atoms with Crippen LogP contribution in [0.25, 0.3) is 12.2 Å². The van der Waals surface area contributed by atoms with Gasteiger partial charge in [-0.1, -0.05) is 12.1 Å². The number of rotatable bonds is 10. The molecule has 1 fully saturated rings. The number of Topliss-reactive ketones (excluding diaryl/α,β-unsaturated/α-hetero) is 1. The fourth-order valence-corrected chi connectivity index (χ4v) is 3.65. The number of benzene rings is 2. The lowest BCUT2D eigenvalue weighted by atomic mass is 9.87. The Balaban J connectivity index is 1.81. The SMILES string of the molecule is COc1cc(/C=C2\CCC/C(=C\c3ccc(OCC(=O)O)c(OC)c3)C2=O)ccc1OCC(=O)O. The van der Waals surface area contributed by atoms with Crippen molar-refractivity contribution in [3.63, 3.8) is 0 Å². The summed E-state index contributed by atoms with van der Waals surface area (Å²) < 4.78 is 21.0. The molecule has 0 heterocycles. The molecule has 3 rings (SSSR count). The summed E-state index contributed by atoms with van der Waals surface area (Å²) in [5.41, 5.74) is 2.76. The van der Waals surface area contributed by atoms with E-state index in [9.17, 15) is 14.4 Å². The second-order valence-electron chi connectivity index (χ2n) is 7.71. The minimum atomic E-state index is -1.09. The maximum Gasteiger partial charge on any atom is 0.341 e. The van der Waals surface area contributed by atoms with E-state index < -0.39 is 25.2 Å². The molecule has 2 aromatic rings. The van der Waals surface area contributed by atoms with Gasteiger partial charge in [0.25, 0.3) is 0 Å². The molecular weight excluding hydrogens is 456 g/mol. The van der Waals surface area contributed by atoms with Crippen LogP contribution in [0.15, 0.2) is 47.5 Å². The van der Waals surface area contributed by atoms with Crippen LogP contribution in [0.1, 0.15) is 30.4 Å². The van der Waals surface area contributed by atoms with Crippen LogP contribution in [0.3, 0.4) is 0 Å². The third kappa shape index (κ3) is 6.86. The standard InChI is InChI=1S/C26H26O9/c1-32-22-12-16(6-8-20(22)34-14-24(27)28)10-18-4-3-5-19(26(18)31)11-17-7-9-21(23(13-17)33-2)35-15-25(29)30/h6-13H,3-5,14-15H2,1-2H3,(H,27,28)(H,29,30)/b18-10+,19-11+. The first-order valence-corrected chi connectivity index (χ1v) is 10.8. The lowest BCUT2D eigenvalue weighted by Gasteiger charge is -2.17. The highest BCUT2D eigenvalue weighted by Crippen LogP contribution is 2.33. The van der Waals surface area contributed by atoms with Gasteiger partial charge in [-0.3, -0.25) is 4.79 Å². The molecule has 0 spiro atoms. The molecule has 0 aromatic heterocycles. The highest BCUT2D eigenvalue weighted by Gasteiger charge is 2.21. The van der Waals surface area contributed by atoms with E-state index >= 15 is 0 Å². The predicted molar refractivity (Wildman–Crippen MR) is 127 cm³/mol. The second kappa shape index (κ2) is 11.7. The average Bonchev–Trinajstić information content (AvgIpc) is 2.84. The third-order valence-corrected chi connectivity index (χ3v) is 5.23. The summed E-state index contributed by atoms with van der Waals surface area (Å²) in [5.74, 6) is -0.897. The Morgan fingerprint density at radius 1 is 0.771 bits per heavy atom. The van der Waals surface area contributed by atoms with Crippen LogP contribution in [0.2, 0.25) is 0 Å². The van der Waals surface area contributed by atoms with Crippen molar-refractivity contribution in [3.05, 3.63) is 58.7 Å². The molecule has 1 saturated carbocycles. The van der Waals surface area contributed by atoms with Gasteiger partial charge in [0.1, 0.15) is 0 Å². The van der Waals surface area contributed by atoms with Crippen molar-refractivity contribution < 1.29 is 43.5 Å². The normalized spacial score (nSPS) is 15.7. The van der Waals surface area contributed by atoms with Crippen molar-refractivity contribution in [1.82, 2.24) is 0 Å². The van der Waals surface area contributed by atoms with Gasteiger partial charge in [-0.2, -0.15) is 0 Å². The first-order valence-electron chi connectivity index (χ1n) is 10.8. The van der Waals surface area contributed by atoms with Gasteiger partial charge in [0.2, 0.25) is 0 Å². The summed E-state index contributed by atoms with van der Waals surface area (Å²) in [6.45, 7) is -0.970. The smallest absolute Gasteiger partial charge is 0.341 e. The fourth-order valence-electron chi connectivity index (χ4n) is 3.65. The van der Waals surface area contributed by atoms with Crippen LogP contribution < -0.4 is 18.9 Å². The van der Waals surface area contributed by atoms with Crippen LogP contribution in [-0.4, -0.2) is 55.4 Å². The largest absolute Gasteiger partial charge is 0.493 e. The number of hydrogen-bond acceptors (Lipinski definition) is 7. The fraction of sp³-hybridized carbons (Fsp3) is 0.269. The highest BCUT2D eigenvalue weighted by atomic mass is 16.5. The Morgan fingerprint density at radius 2 is 1.20 bits per heavy atom. The van der Waals surface area contributed by atoms with E-state index in [2.05, 4.69) is 0 Å². The molecule has 0 amide bonds. The molecule has 35 heavy (non-hydrogen) atoms. The predicted octanol–water partition coefficient (Wildman–Crippen LogP) is 3.85. The number of ether oxygens (including phenoxy) is 4. The molecule has 0 radical (unpaired) electrons. The van der Waals surface area contributed by atoms with E-state index in [4.69, 9.17) is 29.2 Å². The van der Waals surface area contributed by atoms with Crippen molar-refractivity contribution in [2.24, 2.45) is 0 Å². The lowest BCUT2D eigenvalue weighted by molar-refractivity contribution is -0.140. The number of carboxylic acids is 2. The molecule has 0 aliphatic heterocycles. The molecule has 0 bridgehead atoms. The quantitative estimate of drug-likeness (QED) is 0.485. The summed E-state index contributed by atoms with van der Waals surface area (Å²) >= 11 is 0. The Kier molecular flexibility index (Phi) is 8.50. The molecule has 1 aliphatic rings. The lowest BCUT2D eigenvalue weighted by Crippen LogP contribution is -2.12. The summed E-state index contributed by atoms with van der Waals surface area (Å²) in [6, 6.07) is 10.1. The number of hydrogen-bond donors (Lipinski definition) is 2. The Morgan fingerprint density at radius 3 is 1.57 bits per heavy atom. The molecule has 2 aromatic carbocycles. The van der Waals surface area contributed by atoms with Crippen LogP contribution >= 0.6 is 0 Å². The molecule has 9 heteroatoms. The van der Waals surface area contributed by atoms with Crippen LogP contribution in [-0.2, 0) is 14.4 Å². The molecule has 1 aliphatic carbocycles. The van der Waals surface area contributed by atoms with Gasteiger partial charge in [0, 0.05) is 11.1 Å². The zero-order valence-corrected chi connectivity index (χ0v) is 19.4. The van der Waals surface area contributed by atoms with E-state index in [1.807, 2.05) is 0 Å². The molecule has 184 valence electrons. The van der Waals surface area contributed by atoms with Gasteiger partial charge >= 0.3 is 11.9 Å². The highest BCUT2D eigenvalue weighted by molar-refractivity contribution is 6.14. The molecule has 9 nitrogen and oxygen atoms in total. The summed E-state index contributed by atoms with van der Waals surface area (Å²) in [6.07, 6.45) is 5.64. The van der Waals surface area contributed by atoms with Gasteiger partial charge < -0.3 is 29.2 Å². The zero-order chi connectivity index (χ0) is 25.4. The van der Waals surface area contributed by atoms with E-state index in [1.54, 1.807) is 48.6 Å². The molecule has 0 unspecified atom stereocenters. The number of carbonyl (C=O) groups is 3. The van der Waals surface area contributed by atoms with E-state index in [0.29, 0.717) is 47.0 Å². The van der Waals surface area contributed by atoms with E-state index in [1.165, 1.54) is 14.2 Å². The Bertz CT molecular complexity index is 1090. The van der Waals surface area contributed by atoms with E-state index in [-0.39, 0.29) is 5.78 Å². The summed E-state index contributed by atoms with van der Waals surface area (Å²) in [7, 11) is 2.91. The van der Waals surface area contributed by atoms with Gasteiger partial charge in [0.05, 0.1) is 14.2 Å². The minimum Gasteiger partial charge on any atom is -0.493 e. The molecule has 0 atom stereocenters. The zero-order valence-electron chi connectivity index (χ0n) is 19.4. The molecular formula is C26H26O9. The first-order chi connectivity index (χ1) is 16.8. The summed E-state index contributed by atoms with van der Waals surface area (Å²) in [5, 5.41) is 17.6. The topological polar surface area (TPSA) is 129 Å². The Hall–Kier alpha value is -4.27. The minimum absolute atomic E-state index is 0.0633. The number of ketones is 1. The monoisotopic (exact) mass is 482 g/mol.